The molecule has 0 aliphatic carbocycles. The van der Waals surface area contributed by atoms with Crippen LogP contribution in [0, 0.1) is 0 Å². The van der Waals surface area contributed by atoms with Gasteiger partial charge in [-0.1, -0.05) is 36.2 Å². The summed E-state index contributed by atoms with van der Waals surface area (Å²) in [6, 6.07) is 10.4. The Labute approximate surface area is 325 Å². The van der Waals surface area contributed by atoms with E-state index in [9.17, 15) is 39.3 Å². The number of unbranched alkanes of at least 4 members (excludes halogenated alkanes) is 2. The SMILES string of the molecule is Nc1ncnc2c1ccn2[C@@H]1O[C@H]([C@H](O)c2ccc(Cl)c(OCCCC(=O)CCCCCc3cccc4c3C(=O)N(C3CCC(=O)NC3=O)C4=O)c2)[C@@H](O)[C@H]1O. The number of ketones is 1. The van der Waals surface area contributed by atoms with Gasteiger partial charge in [-0.2, -0.15) is 0 Å². The lowest BCUT2D eigenvalue weighted by Crippen LogP contribution is -2.54. The van der Waals surface area contributed by atoms with E-state index in [0.29, 0.717) is 59.8 Å². The van der Waals surface area contributed by atoms with Crippen LogP contribution in [-0.2, 0) is 25.5 Å². The molecular weight excluding hydrogens is 748 g/mol. The summed E-state index contributed by atoms with van der Waals surface area (Å²) < 4.78 is 13.4. The first-order valence-corrected chi connectivity index (χ1v) is 18.9. The van der Waals surface area contributed by atoms with Gasteiger partial charge in [0.05, 0.1) is 28.1 Å². The first-order chi connectivity index (χ1) is 26.9. The number of fused-ring (bicyclic) bond motifs is 2. The van der Waals surface area contributed by atoms with E-state index in [1.807, 2.05) is 0 Å². The number of aryl methyl sites for hydroxylation is 1. The number of carbonyl (C=O) groups is 5. The van der Waals surface area contributed by atoms with Crippen LogP contribution >= 0.6 is 11.6 Å². The van der Waals surface area contributed by atoms with Crippen molar-refractivity contribution in [2.24, 2.45) is 0 Å². The highest BCUT2D eigenvalue weighted by molar-refractivity contribution is 6.32. The second-order valence-corrected chi connectivity index (χ2v) is 14.6. The zero-order chi connectivity index (χ0) is 39.7. The number of Topliss-reactive ketones (excluding diaryl/α,β-unsaturated/α-hetero) is 1. The molecule has 6 atom stereocenters. The van der Waals surface area contributed by atoms with Crippen LogP contribution in [0.2, 0.25) is 5.02 Å². The summed E-state index contributed by atoms with van der Waals surface area (Å²) in [5.74, 6) is -1.56. The Balaban J connectivity index is 0.849. The molecule has 2 aromatic carbocycles. The first kappa shape index (κ1) is 39.0. The predicted molar refractivity (Wildman–Crippen MR) is 199 cm³/mol. The van der Waals surface area contributed by atoms with Crippen molar-refractivity contribution in [3.63, 3.8) is 0 Å². The number of anilines is 1. The summed E-state index contributed by atoms with van der Waals surface area (Å²) in [6.45, 7) is 0.182. The molecule has 16 nitrogen and oxygen atoms in total. The topological polar surface area (TPSA) is 236 Å². The average Bonchev–Trinajstić information content (AvgIpc) is 3.82. The van der Waals surface area contributed by atoms with Crippen molar-refractivity contribution >= 4 is 57.9 Å². The van der Waals surface area contributed by atoms with Crippen molar-refractivity contribution in [1.82, 2.24) is 24.8 Å². The van der Waals surface area contributed by atoms with Gasteiger partial charge in [0.1, 0.15) is 59.8 Å². The lowest BCUT2D eigenvalue weighted by Gasteiger charge is -2.27. The maximum Gasteiger partial charge on any atom is 0.262 e. The van der Waals surface area contributed by atoms with Gasteiger partial charge >= 0.3 is 0 Å². The normalized spacial score (nSPS) is 22.8. The number of ether oxygens (including phenoxy) is 2. The molecule has 0 bridgehead atoms. The van der Waals surface area contributed by atoms with Crippen molar-refractivity contribution in [2.75, 3.05) is 12.3 Å². The molecule has 1 unspecified atom stereocenters. The number of hydrogen-bond donors (Lipinski definition) is 5. The number of benzene rings is 2. The number of carbonyl (C=O) groups excluding carboxylic acids is 5. The molecule has 294 valence electrons. The Kier molecular flexibility index (Phi) is 11.5. The van der Waals surface area contributed by atoms with Gasteiger partial charge in [-0.3, -0.25) is 34.2 Å². The Hall–Kier alpha value is -5.26. The van der Waals surface area contributed by atoms with Crippen LogP contribution in [-0.4, -0.2) is 95.1 Å². The average molecular weight is 789 g/mol. The summed E-state index contributed by atoms with van der Waals surface area (Å²) in [4.78, 5) is 72.1. The smallest absolute Gasteiger partial charge is 0.262 e. The number of aliphatic hydroxyl groups is 3. The molecule has 7 rings (SSSR count). The van der Waals surface area contributed by atoms with Crippen molar-refractivity contribution in [3.05, 3.63) is 82.3 Å². The molecule has 56 heavy (non-hydrogen) atoms. The molecule has 0 radical (unpaired) electrons. The molecule has 6 N–H and O–H groups in total. The van der Waals surface area contributed by atoms with Gasteiger partial charge in [-0.15, -0.1) is 0 Å². The van der Waals surface area contributed by atoms with E-state index in [-0.39, 0.29) is 53.8 Å². The van der Waals surface area contributed by atoms with Crippen LogP contribution in [0.25, 0.3) is 11.0 Å². The van der Waals surface area contributed by atoms with Gasteiger partial charge in [-0.05, 0) is 67.5 Å². The molecule has 17 heteroatoms. The van der Waals surface area contributed by atoms with E-state index < -0.39 is 60.3 Å². The molecule has 2 saturated heterocycles. The van der Waals surface area contributed by atoms with Crippen LogP contribution in [0.4, 0.5) is 5.82 Å². The van der Waals surface area contributed by atoms with Crippen LogP contribution in [0.15, 0.2) is 55.0 Å². The van der Waals surface area contributed by atoms with E-state index in [1.165, 1.54) is 17.0 Å². The highest BCUT2D eigenvalue weighted by atomic mass is 35.5. The molecule has 3 aliphatic rings. The largest absolute Gasteiger partial charge is 0.492 e. The molecule has 2 fully saturated rings. The Bertz CT molecular complexity index is 2190. The van der Waals surface area contributed by atoms with Crippen LogP contribution in [0.1, 0.15) is 95.5 Å². The third-order valence-electron chi connectivity index (χ3n) is 10.5. The van der Waals surface area contributed by atoms with Crippen LogP contribution < -0.4 is 15.8 Å². The zero-order valence-electron chi connectivity index (χ0n) is 30.2. The molecule has 2 aromatic heterocycles. The highest BCUT2D eigenvalue weighted by Crippen LogP contribution is 2.39. The summed E-state index contributed by atoms with van der Waals surface area (Å²) in [7, 11) is 0. The second kappa shape index (κ2) is 16.5. The third kappa shape index (κ3) is 7.62. The highest BCUT2D eigenvalue weighted by Gasteiger charge is 2.48. The number of aliphatic hydroxyl groups excluding tert-OH is 3. The molecule has 0 saturated carbocycles. The molecule has 4 amide bonds. The predicted octanol–water partition coefficient (Wildman–Crippen LogP) is 2.95. The number of nitrogens with zero attached hydrogens (tertiary/aromatic N) is 4. The van der Waals surface area contributed by atoms with Crippen molar-refractivity contribution in [2.45, 2.75) is 94.5 Å². The van der Waals surface area contributed by atoms with Crippen LogP contribution in [0.3, 0.4) is 0 Å². The number of nitrogen functional groups attached to an aromatic ring is 1. The number of imide groups is 2. The molecule has 3 aliphatic heterocycles. The van der Waals surface area contributed by atoms with E-state index in [0.717, 1.165) is 11.3 Å². The second-order valence-electron chi connectivity index (χ2n) is 14.2. The maximum absolute atomic E-state index is 13.3. The minimum absolute atomic E-state index is 0.0511. The maximum atomic E-state index is 13.3. The van der Waals surface area contributed by atoms with E-state index in [2.05, 4.69) is 15.3 Å². The molecule has 0 spiro atoms. The lowest BCUT2D eigenvalue weighted by atomic mass is 9.97. The summed E-state index contributed by atoms with van der Waals surface area (Å²) >= 11 is 6.37. The number of nitrogens with two attached hydrogens (primary N) is 1. The summed E-state index contributed by atoms with van der Waals surface area (Å²) in [5.41, 5.74) is 7.91. The van der Waals surface area contributed by atoms with E-state index in [4.69, 9.17) is 26.8 Å². The fourth-order valence-electron chi connectivity index (χ4n) is 7.56. The van der Waals surface area contributed by atoms with Crippen molar-refractivity contribution in [3.8, 4) is 5.75 Å². The molecule has 5 heterocycles. The number of aromatic nitrogens is 3. The summed E-state index contributed by atoms with van der Waals surface area (Å²) in [5, 5.41) is 36.0. The van der Waals surface area contributed by atoms with Gasteiger partial charge in [-0.25, -0.2) is 9.97 Å². The van der Waals surface area contributed by atoms with Crippen molar-refractivity contribution in [1.29, 1.82) is 0 Å². The number of piperidine rings is 1. The molecular formula is C39H41ClN6O10. The number of hydrogen-bond acceptors (Lipinski definition) is 13. The minimum Gasteiger partial charge on any atom is -0.492 e. The Morgan fingerprint density at radius 1 is 1.02 bits per heavy atom. The summed E-state index contributed by atoms with van der Waals surface area (Å²) in [6.07, 6.45) is 0.233. The minimum atomic E-state index is -1.44. The fourth-order valence-corrected chi connectivity index (χ4v) is 7.73. The Morgan fingerprint density at radius 3 is 2.62 bits per heavy atom. The Morgan fingerprint density at radius 2 is 1.82 bits per heavy atom. The van der Waals surface area contributed by atoms with Crippen molar-refractivity contribution < 1.29 is 48.8 Å². The van der Waals surface area contributed by atoms with Gasteiger partial charge in [0, 0.05) is 25.5 Å². The fraction of sp³-hybridized carbons (Fsp3) is 0.410. The van der Waals surface area contributed by atoms with Gasteiger partial charge in [0.25, 0.3) is 11.8 Å². The quantitative estimate of drug-likeness (QED) is 0.0862. The number of amides is 4. The lowest BCUT2D eigenvalue weighted by molar-refractivity contribution is -0.136. The first-order valence-electron chi connectivity index (χ1n) is 18.5. The number of rotatable bonds is 15. The van der Waals surface area contributed by atoms with E-state index >= 15 is 0 Å². The van der Waals surface area contributed by atoms with Gasteiger partial charge in [0.2, 0.25) is 11.8 Å². The number of nitrogens with one attached hydrogen (secondary N) is 1. The third-order valence-corrected chi connectivity index (χ3v) is 10.8. The standard InChI is InChI=1S/C39H41ClN6O10/c40-25-12-11-21(30(49)33-31(50)32(51)39(56-33)45-16-15-24-34(41)42-19-43-35(24)45)18-27(25)55-17-5-9-22(47)8-3-1-2-6-20-7-4-10-23-29(20)38(54)46(37(23)53)26-13-14-28(48)44-36(26)52/h4,7,10-12,15-16,18-19,26,30-33,39,49-51H,1-3,5-6,8-9,13-14,17H2,(H2,41,42,43)(H,44,48,52)/t26?,30-,31+,32-,33-,39-/m1/s1. The van der Waals surface area contributed by atoms with Crippen LogP contribution in [0.5, 0.6) is 5.75 Å². The van der Waals surface area contributed by atoms with E-state index in [1.54, 1.807) is 42.6 Å². The van der Waals surface area contributed by atoms with Gasteiger partial charge < -0.3 is 35.1 Å². The monoisotopic (exact) mass is 788 g/mol. The molecule has 4 aromatic rings. The number of halogens is 1. The van der Waals surface area contributed by atoms with Gasteiger partial charge in [0.15, 0.2) is 6.23 Å². The zero-order valence-corrected chi connectivity index (χ0v) is 30.9.